The number of aliphatic imine (C=N–C) groups is 1. The molecule has 0 unspecified atom stereocenters. The van der Waals surface area contributed by atoms with Crippen LogP contribution >= 0.6 is 0 Å². The Morgan fingerprint density at radius 3 is 2.50 bits per heavy atom. The smallest absolute Gasteiger partial charge is 0.344 e. The van der Waals surface area contributed by atoms with Crippen molar-refractivity contribution in [2.45, 2.75) is 20.3 Å². The van der Waals surface area contributed by atoms with Crippen molar-refractivity contribution in [3.8, 4) is 0 Å². The SMILES string of the molecule is C/C=C(\C=C\C(=C\CC)OC)/N=C(\OC)c1n(C)cc[n+]1C. The van der Waals surface area contributed by atoms with Gasteiger partial charge in [-0.05, 0) is 31.6 Å². The lowest BCUT2D eigenvalue weighted by atomic mass is 10.3. The first-order chi connectivity index (χ1) is 10.6. The molecule has 0 aliphatic rings. The predicted molar refractivity (Wildman–Crippen MR) is 88.4 cm³/mol. The fourth-order valence-corrected chi connectivity index (χ4v) is 1.98. The Morgan fingerprint density at radius 2 is 2.05 bits per heavy atom. The Labute approximate surface area is 132 Å². The molecule has 0 spiro atoms. The van der Waals surface area contributed by atoms with Gasteiger partial charge in [0.25, 0.3) is 0 Å². The molecule has 0 bridgehead atoms. The highest BCUT2D eigenvalue weighted by molar-refractivity contribution is 5.90. The second-order valence-electron chi connectivity index (χ2n) is 4.73. The summed E-state index contributed by atoms with van der Waals surface area (Å²) in [6, 6.07) is 0. The average molecular weight is 304 g/mol. The van der Waals surface area contributed by atoms with Crippen LogP contribution in [0, 0.1) is 0 Å². The molecular weight excluding hydrogens is 278 g/mol. The summed E-state index contributed by atoms with van der Waals surface area (Å²) in [5, 5.41) is 0. The molecule has 1 rings (SSSR count). The third-order valence-electron chi connectivity index (χ3n) is 3.15. The van der Waals surface area contributed by atoms with Crippen LogP contribution in [0.5, 0.6) is 0 Å². The molecule has 1 aromatic rings. The highest BCUT2D eigenvalue weighted by Gasteiger charge is 2.20. The third-order valence-corrected chi connectivity index (χ3v) is 3.15. The maximum atomic E-state index is 5.46. The van der Waals surface area contributed by atoms with E-state index >= 15 is 0 Å². The van der Waals surface area contributed by atoms with Gasteiger partial charge < -0.3 is 9.47 Å². The molecule has 0 aliphatic carbocycles. The summed E-state index contributed by atoms with van der Waals surface area (Å²) in [5.41, 5.74) is 0.803. The van der Waals surface area contributed by atoms with Crippen molar-refractivity contribution < 1.29 is 14.0 Å². The third kappa shape index (κ3) is 4.62. The van der Waals surface area contributed by atoms with E-state index in [1.54, 1.807) is 14.2 Å². The van der Waals surface area contributed by atoms with Gasteiger partial charge in [0, 0.05) is 0 Å². The number of nitrogens with zero attached hydrogens (tertiary/aromatic N) is 3. The van der Waals surface area contributed by atoms with Crippen molar-refractivity contribution in [2.24, 2.45) is 19.1 Å². The summed E-state index contributed by atoms with van der Waals surface area (Å²) in [5.74, 6) is 2.28. The lowest BCUT2D eigenvalue weighted by molar-refractivity contribution is -0.672. The number of rotatable bonds is 6. The van der Waals surface area contributed by atoms with E-state index in [9.17, 15) is 0 Å². The van der Waals surface area contributed by atoms with E-state index in [0.717, 1.165) is 23.7 Å². The Balaban J connectivity index is 3.10. The van der Waals surface area contributed by atoms with Crippen LogP contribution in [0.4, 0.5) is 0 Å². The van der Waals surface area contributed by atoms with Gasteiger partial charge in [-0.1, -0.05) is 13.0 Å². The monoisotopic (exact) mass is 304 g/mol. The highest BCUT2D eigenvalue weighted by Crippen LogP contribution is 2.08. The first-order valence-corrected chi connectivity index (χ1v) is 7.29. The fourth-order valence-electron chi connectivity index (χ4n) is 1.98. The molecule has 0 N–H and O–H groups in total. The topological polar surface area (TPSA) is 39.6 Å². The van der Waals surface area contributed by atoms with E-state index in [1.807, 2.05) is 66.9 Å². The zero-order valence-electron chi connectivity index (χ0n) is 14.3. The molecule has 0 radical (unpaired) electrons. The van der Waals surface area contributed by atoms with Gasteiger partial charge in [-0.2, -0.15) is 0 Å². The summed E-state index contributed by atoms with van der Waals surface area (Å²) < 4.78 is 14.7. The van der Waals surface area contributed by atoms with E-state index in [4.69, 9.17) is 9.47 Å². The Bertz CT molecular complexity index is 588. The lowest BCUT2D eigenvalue weighted by Gasteiger charge is -2.03. The number of hydrogen-bond acceptors (Lipinski definition) is 3. The van der Waals surface area contributed by atoms with E-state index in [-0.39, 0.29) is 0 Å². The molecule has 0 saturated carbocycles. The van der Waals surface area contributed by atoms with Crippen LogP contribution in [0.3, 0.4) is 0 Å². The van der Waals surface area contributed by atoms with Crippen molar-refractivity contribution in [1.82, 2.24) is 4.57 Å². The number of imidazole rings is 1. The van der Waals surface area contributed by atoms with Gasteiger partial charge in [-0.25, -0.2) is 14.1 Å². The van der Waals surface area contributed by atoms with E-state index < -0.39 is 0 Å². The van der Waals surface area contributed by atoms with Crippen molar-refractivity contribution in [3.63, 3.8) is 0 Å². The zero-order valence-corrected chi connectivity index (χ0v) is 14.3. The minimum atomic E-state index is 0.561. The maximum Gasteiger partial charge on any atom is 0.344 e. The molecule has 1 heterocycles. The van der Waals surface area contributed by atoms with Crippen LogP contribution in [0.15, 0.2) is 53.1 Å². The van der Waals surface area contributed by atoms with Gasteiger partial charge in [0.1, 0.15) is 18.2 Å². The summed E-state index contributed by atoms with van der Waals surface area (Å²) >= 11 is 0. The number of aromatic nitrogens is 2. The maximum absolute atomic E-state index is 5.46. The molecular formula is C17H26N3O2+. The molecule has 1 aromatic heterocycles. The highest BCUT2D eigenvalue weighted by atomic mass is 16.5. The summed E-state index contributed by atoms with van der Waals surface area (Å²) in [6.07, 6.45) is 12.6. The molecule has 0 saturated heterocycles. The first kappa shape index (κ1) is 17.8. The molecule has 0 aromatic carbocycles. The lowest BCUT2D eigenvalue weighted by Crippen LogP contribution is -2.35. The van der Waals surface area contributed by atoms with Gasteiger partial charge >= 0.3 is 11.7 Å². The van der Waals surface area contributed by atoms with Crippen molar-refractivity contribution >= 4 is 5.90 Å². The first-order valence-electron chi connectivity index (χ1n) is 7.29. The van der Waals surface area contributed by atoms with Crippen molar-refractivity contribution in [3.05, 3.63) is 54.0 Å². The van der Waals surface area contributed by atoms with Gasteiger partial charge in [0.15, 0.2) is 0 Å². The summed E-state index contributed by atoms with van der Waals surface area (Å²) in [6.45, 7) is 4.01. The number of ether oxygens (including phenoxy) is 2. The van der Waals surface area contributed by atoms with Crippen molar-refractivity contribution in [1.29, 1.82) is 0 Å². The van der Waals surface area contributed by atoms with Gasteiger partial charge in [0.2, 0.25) is 0 Å². The molecule has 0 atom stereocenters. The van der Waals surface area contributed by atoms with Crippen molar-refractivity contribution in [2.75, 3.05) is 14.2 Å². The van der Waals surface area contributed by atoms with E-state index in [1.165, 1.54) is 0 Å². The number of aryl methyl sites for hydroxylation is 2. The Kier molecular flexibility index (Phi) is 7.16. The molecule has 120 valence electrons. The summed E-state index contributed by atoms with van der Waals surface area (Å²) in [4.78, 5) is 4.59. The molecule has 0 fully saturated rings. The van der Waals surface area contributed by atoms with E-state index in [2.05, 4.69) is 11.9 Å². The van der Waals surface area contributed by atoms with Crippen LogP contribution in [-0.2, 0) is 23.6 Å². The Morgan fingerprint density at radius 1 is 1.32 bits per heavy atom. The molecule has 0 amide bonds. The van der Waals surface area contributed by atoms with E-state index in [0.29, 0.717) is 5.90 Å². The van der Waals surface area contributed by atoms with Gasteiger partial charge in [0.05, 0.1) is 34.0 Å². The quantitative estimate of drug-likeness (QED) is 0.266. The van der Waals surface area contributed by atoms with Crippen LogP contribution in [0.2, 0.25) is 0 Å². The van der Waals surface area contributed by atoms with Crippen LogP contribution < -0.4 is 4.57 Å². The molecule has 0 aliphatic heterocycles. The Hall–Kier alpha value is -2.30. The molecule has 5 heteroatoms. The number of hydrogen-bond donors (Lipinski definition) is 0. The fraction of sp³-hybridized carbons (Fsp3) is 0.412. The largest absolute Gasteiger partial charge is 0.497 e. The zero-order chi connectivity index (χ0) is 16.5. The molecule has 22 heavy (non-hydrogen) atoms. The molecule has 5 nitrogen and oxygen atoms in total. The summed E-state index contributed by atoms with van der Waals surface area (Å²) in [7, 11) is 7.21. The van der Waals surface area contributed by atoms with Gasteiger partial charge in [-0.15, -0.1) is 0 Å². The van der Waals surface area contributed by atoms with Crippen LogP contribution in [0.25, 0.3) is 0 Å². The van der Waals surface area contributed by atoms with Crippen LogP contribution in [-0.4, -0.2) is 24.7 Å². The second-order valence-corrected chi connectivity index (χ2v) is 4.73. The minimum absolute atomic E-state index is 0.561. The second kappa shape index (κ2) is 8.87. The normalized spacial score (nSPS) is 13.8. The average Bonchev–Trinajstić information content (AvgIpc) is 2.85. The number of methoxy groups -OCH3 is 2. The standard InChI is InChI=1S/C17H26N3O2/c1-7-9-15(21-5)11-10-14(8-2)18-16(22-6)17-19(3)12-13-20(17)4/h8-13H,7H2,1-6H3/q+1/b11-10+,14-8+,15-9-,18-16-. The predicted octanol–water partition coefficient (Wildman–Crippen LogP) is 2.64. The van der Waals surface area contributed by atoms with Gasteiger partial charge in [-0.3, -0.25) is 0 Å². The minimum Gasteiger partial charge on any atom is -0.497 e. The number of allylic oxidation sites excluding steroid dienone is 4. The van der Waals surface area contributed by atoms with Crippen LogP contribution in [0.1, 0.15) is 26.1 Å².